The molecule has 0 radical (unpaired) electrons. The smallest absolute Gasteiger partial charge is 0.232 e. The summed E-state index contributed by atoms with van der Waals surface area (Å²) in [5, 5.41) is 46.6. The van der Waals surface area contributed by atoms with Crippen LogP contribution < -0.4 is 10.1 Å². The van der Waals surface area contributed by atoms with Gasteiger partial charge in [-0.15, -0.1) is 18.9 Å². The van der Waals surface area contributed by atoms with Crippen LogP contribution in [-0.2, 0) is 39.7 Å². The lowest BCUT2D eigenvalue weighted by Crippen LogP contribution is -2.15. The fourth-order valence-corrected chi connectivity index (χ4v) is 6.78. The molecule has 0 aliphatic carbocycles. The second kappa shape index (κ2) is 15.1. The van der Waals surface area contributed by atoms with Crippen LogP contribution in [0.25, 0.3) is 10.8 Å². The summed E-state index contributed by atoms with van der Waals surface area (Å²) >= 11 is 9.91. The number of benzene rings is 3. The number of anilines is 2. The first-order chi connectivity index (χ1) is 21.0. The Hall–Kier alpha value is -3.28. The maximum Gasteiger partial charge on any atom is 0.232 e. The van der Waals surface area contributed by atoms with E-state index in [1.165, 1.54) is 25.3 Å². The molecule has 0 amide bonds. The zero-order valence-corrected chi connectivity index (χ0v) is 25.7. The Morgan fingerprint density at radius 2 is 1.77 bits per heavy atom. The number of aromatic hydroxyl groups is 1. The van der Waals surface area contributed by atoms with Crippen molar-refractivity contribution >= 4 is 89.9 Å². The normalized spacial score (nSPS) is 12.6. The Morgan fingerprint density at radius 1 is 1.02 bits per heavy atom. The van der Waals surface area contributed by atoms with Crippen molar-refractivity contribution < 1.29 is 51.7 Å². The van der Waals surface area contributed by atoms with Gasteiger partial charge in [-0.1, -0.05) is 10.1 Å². The number of nitrogens with one attached hydrogen (secondary N) is 1. The molecule has 1 aromatic heterocycles. The first-order valence-corrected chi connectivity index (χ1v) is 15.9. The second-order valence-electron chi connectivity index (χ2n) is 8.06. The summed E-state index contributed by atoms with van der Waals surface area (Å²) in [6, 6.07) is 10.0. The topological polar surface area (TPSA) is 233 Å². The van der Waals surface area contributed by atoms with Crippen molar-refractivity contribution in [3.8, 4) is 11.5 Å². The van der Waals surface area contributed by atoms with Crippen LogP contribution in [0.3, 0.4) is 0 Å². The Bertz CT molecular complexity index is 1820. The molecule has 17 nitrogen and oxygen atoms in total. The third kappa shape index (κ3) is 8.46. The van der Waals surface area contributed by atoms with Crippen molar-refractivity contribution in [1.29, 1.82) is 0 Å². The van der Waals surface area contributed by atoms with Crippen LogP contribution >= 0.6 is 35.2 Å². The minimum absolute atomic E-state index is 0.0476. The highest BCUT2D eigenvalue weighted by molar-refractivity contribution is 7.94. The molecule has 234 valence electrons. The van der Waals surface area contributed by atoms with Gasteiger partial charge in [0, 0.05) is 11.1 Å². The van der Waals surface area contributed by atoms with Gasteiger partial charge >= 0.3 is 0 Å². The van der Waals surface area contributed by atoms with Gasteiger partial charge < -0.3 is 15.2 Å². The van der Waals surface area contributed by atoms with Gasteiger partial charge in [0.05, 0.1) is 40.4 Å². The van der Waals surface area contributed by atoms with E-state index in [0.717, 1.165) is 6.07 Å². The van der Waals surface area contributed by atoms with E-state index in [9.17, 15) is 17.7 Å². The molecule has 44 heavy (non-hydrogen) atoms. The summed E-state index contributed by atoms with van der Waals surface area (Å²) in [6.07, 6.45) is 0. The lowest BCUT2D eigenvalue weighted by molar-refractivity contribution is -0.434. The molecular weight excluding hydrogens is 691 g/mol. The van der Waals surface area contributed by atoms with Crippen LogP contribution in [-0.4, -0.2) is 61.8 Å². The number of nitrogens with zero attached hydrogens (tertiary/aromatic N) is 5. The van der Waals surface area contributed by atoms with Gasteiger partial charge in [0.25, 0.3) is 0 Å². The highest BCUT2D eigenvalue weighted by Gasteiger charge is 2.20. The summed E-state index contributed by atoms with van der Waals surface area (Å²) in [5.74, 6) is -1.29. The van der Waals surface area contributed by atoms with E-state index < -0.39 is 32.4 Å². The Kier molecular flexibility index (Phi) is 11.6. The van der Waals surface area contributed by atoms with E-state index in [1.54, 1.807) is 18.2 Å². The minimum Gasteiger partial charge on any atom is -0.505 e. The van der Waals surface area contributed by atoms with Crippen LogP contribution in [0.1, 0.15) is 0 Å². The van der Waals surface area contributed by atoms with Gasteiger partial charge in [-0.3, -0.25) is 0 Å². The number of aromatic nitrogens is 3. The number of ether oxygens (including phenoxy) is 1. The molecule has 0 aliphatic rings. The van der Waals surface area contributed by atoms with E-state index >= 15 is 0 Å². The largest absolute Gasteiger partial charge is 0.505 e. The Labute approximate surface area is 264 Å². The van der Waals surface area contributed by atoms with Gasteiger partial charge in [-0.05, 0) is 71.1 Å². The number of phenolic OH excluding ortho intramolecular Hbond substituents is 1. The quantitative estimate of drug-likeness (QED) is 0.0548. The number of sulfone groups is 1. The van der Waals surface area contributed by atoms with Gasteiger partial charge in [0.15, 0.2) is 26.7 Å². The van der Waals surface area contributed by atoms with Crippen LogP contribution in [0.2, 0.25) is 10.6 Å². The van der Waals surface area contributed by atoms with E-state index in [1.807, 2.05) is 0 Å². The highest BCUT2D eigenvalue weighted by atomic mass is 35.5. The SMILES string of the molecule is COc1ccc(S(=O)(=O)CCS(=O)OOO)cc1N=Nc1c(SOOO)cc2cc(Nc3nc(Cl)nc(Cl)n3)ccc2c1O. The summed E-state index contributed by atoms with van der Waals surface area (Å²) in [6.45, 7) is 0. The molecule has 1 heterocycles. The average molecular weight is 710 g/mol. The second-order valence-corrected chi connectivity index (χ2v) is 12.7. The Balaban J connectivity index is 1.70. The van der Waals surface area contributed by atoms with E-state index in [2.05, 4.69) is 49.2 Å². The zero-order chi connectivity index (χ0) is 31.9. The predicted molar refractivity (Wildman–Crippen MR) is 156 cm³/mol. The Morgan fingerprint density at radius 3 is 2.45 bits per heavy atom. The number of phenols is 1. The van der Waals surface area contributed by atoms with Crippen LogP contribution in [0, 0.1) is 0 Å². The zero-order valence-electron chi connectivity index (χ0n) is 21.8. The molecule has 0 bridgehead atoms. The fraction of sp³-hybridized carbons (Fsp3) is 0.136. The summed E-state index contributed by atoms with van der Waals surface area (Å²) in [4.78, 5) is 11.4. The van der Waals surface area contributed by atoms with Crippen molar-refractivity contribution in [2.45, 2.75) is 9.79 Å². The molecule has 4 N–H and O–H groups in total. The van der Waals surface area contributed by atoms with E-state index in [0.29, 0.717) is 28.5 Å². The molecule has 0 saturated heterocycles. The molecule has 0 fully saturated rings. The number of azo groups is 1. The van der Waals surface area contributed by atoms with Crippen LogP contribution in [0.15, 0.2) is 62.5 Å². The summed E-state index contributed by atoms with van der Waals surface area (Å²) in [7, 11) is -2.69. The monoisotopic (exact) mass is 708 g/mol. The van der Waals surface area contributed by atoms with Gasteiger partial charge in [-0.2, -0.15) is 15.0 Å². The highest BCUT2D eigenvalue weighted by Crippen LogP contribution is 2.45. The third-order valence-corrected chi connectivity index (χ3v) is 9.11. The molecule has 4 rings (SSSR count). The van der Waals surface area contributed by atoms with Crippen molar-refractivity contribution in [3.63, 3.8) is 0 Å². The molecule has 0 saturated carbocycles. The van der Waals surface area contributed by atoms with Crippen molar-refractivity contribution in [3.05, 3.63) is 53.0 Å². The van der Waals surface area contributed by atoms with Crippen LogP contribution in [0.5, 0.6) is 11.5 Å². The first-order valence-electron chi connectivity index (χ1n) is 11.5. The number of halogens is 2. The van der Waals surface area contributed by atoms with Crippen molar-refractivity contribution in [2.75, 3.05) is 23.9 Å². The molecule has 0 spiro atoms. The molecule has 0 aliphatic heterocycles. The molecular formula is C22H18Cl2N6O11S3. The molecule has 22 heteroatoms. The molecule has 4 aromatic rings. The standard InChI is InChI=1S/C22H18Cl2N6O11S3/c1-37-16-5-3-13(44(35,36)7-6-43(34)41-39-33)10-15(16)29-30-18-17(42-40-38-32)9-11-8-12(2-4-14(11)19(18)31)25-22-27-20(23)26-21(24)28-22/h2-5,8-10,31-33H,6-7H2,1H3,(H,25,26,27,28). The van der Waals surface area contributed by atoms with Gasteiger partial charge in [0.2, 0.25) is 16.5 Å². The lowest BCUT2D eigenvalue weighted by Gasteiger charge is -2.11. The average Bonchev–Trinajstić information content (AvgIpc) is 2.98. The van der Waals surface area contributed by atoms with Gasteiger partial charge in [-0.25, -0.2) is 23.1 Å². The molecule has 1 atom stereocenters. The predicted octanol–water partition coefficient (Wildman–Crippen LogP) is 5.49. The van der Waals surface area contributed by atoms with Crippen molar-refractivity contribution in [1.82, 2.24) is 15.0 Å². The van der Waals surface area contributed by atoms with E-state index in [-0.39, 0.29) is 49.2 Å². The lowest BCUT2D eigenvalue weighted by atomic mass is 10.1. The number of methoxy groups -OCH3 is 1. The fourth-order valence-electron chi connectivity index (χ4n) is 3.56. The van der Waals surface area contributed by atoms with Gasteiger partial charge in [0.1, 0.15) is 17.1 Å². The molecule has 3 aromatic carbocycles. The summed E-state index contributed by atoms with van der Waals surface area (Å²) < 4.78 is 50.9. The minimum atomic E-state index is -4.01. The third-order valence-electron chi connectivity index (χ3n) is 5.43. The van der Waals surface area contributed by atoms with Crippen molar-refractivity contribution in [2.24, 2.45) is 10.2 Å². The number of hydrogen-bond acceptors (Lipinski definition) is 18. The van der Waals surface area contributed by atoms with Crippen LogP contribution in [0.4, 0.5) is 23.0 Å². The number of hydrogen-bond donors (Lipinski definition) is 4. The summed E-state index contributed by atoms with van der Waals surface area (Å²) in [5.41, 5.74) is 0.290. The maximum atomic E-state index is 12.8. The van der Waals surface area contributed by atoms with E-state index in [4.69, 9.17) is 38.5 Å². The first kappa shape index (κ1) is 33.6. The molecule has 1 unspecified atom stereocenters. The number of fused-ring (bicyclic) bond motifs is 1. The number of rotatable bonds is 14. The maximum absolute atomic E-state index is 12.8.